The average Bonchev–Trinajstić information content (AvgIpc) is 2.25. The van der Waals surface area contributed by atoms with Crippen LogP contribution in [0, 0.1) is 5.92 Å². The predicted molar refractivity (Wildman–Crippen MR) is 64.9 cm³/mol. The molecule has 0 bridgehead atoms. The second-order valence-electron chi connectivity index (χ2n) is 4.42. The Morgan fingerprint density at radius 2 is 2.18 bits per heavy atom. The number of aromatic amines is 1. The molecule has 0 saturated heterocycles. The Kier molecular flexibility index (Phi) is 4.90. The molecular weight excluding hydrogens is 220 g/mol. The molecule has 3 N–H and O–H groups in total. The molecule has 0 saturated carbocycles. The van der Waals surface area contributed by atoms with Gasteiger partial charge in [-0.15, -0.1) is 0 Å². The minimum absolute atomic E-state index is 0.188. The molecule has 1 aromatic heterocycles. The quantitative estimate of drug-likeness (QED) is 0.699. The van der Waals surface area contributed by atoms with Crippen LogP contribution in [-0.2, 0) is 0 Å². The highest BCUT2D eigenvalue weighted by Gasteiger charge is 2.10. The number of pyridine rings is 1. The normalized spacial score (nSPS) is 12.5. The number of aliphatic hydroxyl groups excluding tert-OH is 1. The van der Waals surface area contributed by atoms with Gasteiger partial charge in [-0.2, -0.15) is 0 Å². The number of aromatic nitrogens is 1. The number of nitrogens with one attached hydrogen (secondary N) is 2. The van der Waals surface area contributed by atoms with E-state index in [-0.39, 0.29) is 23.7 Å². The van der Waals surface area contributed by atoms with Crippen molar-refractivity contribution in [2.75, 3.05) is 6.54 Å². The van der Waals surface area contributed by atoms with E-state index in [1.54, 1.807) is 0 Å². The summed E-state index contributed by atoms with van der Waals surface area (Å²) in [6.45, 7) is 4.19. The number of hydrogen-bond donors (Lipinski definition) is 3. The molecule has 0 fully saturated rings. The molecule has 5 nitrogen and oxygen atoms in total. The van der Waals surface area contributed by atoms with Crippen LogP contribution in [-0.4, -0.2) is 28.6 Å². The maximum absolute atomic E-state index is 11.6. The Balaban J connectivity index is 2.47. The number of hydrogen-bond acceptors (Lipinski definition) is 3. The zero-order valence-electron chi connectivity index (χ0n) is 10.1. The van der Waals surface area contributed by atoms with Crippen molar-refractivity contribution in [2.45, 2.75) is 26.4 Å². The van der Waals surface area contributed by atoms with Gasteiger partial charge in [-0.3, -0.25) is 9.59 Å². The molecule has 1 aromatic rings. The molecule has 1 amide bonds. The van der Waals surface area contributed by atoms with E-state index in [1.807, 2.05) is 13.8 Å². The first-order chi connectivity index (χ1) is 7.99. The van der Waals surface area contributed by atoms with Crippen LogP contribution in [0.3, 0.4) is 0 Å². The van der Waals surface area contributed by atoms with Crippen LogP contribution < -0.4 is 10.9 Å². The second kappa shape index (κ2) is 6.20. The van der Waals surface area contributed by atoms with Crippen LogP contribution in [0.15, 0.2) is 23.0 Å². The molecule has 5 heteroatoms. The Bertz CT molecular complexity index is 426. The largest absolute Gasteiger partial charge is 0.391 e. The monoisotopic (exact) mass is 238 g/mol. The van der Waals surface area contributed by atoms with Gasteiger partial charge in [-0.1, -0.05) is 19.9 Å². The molecule has 17 heavy (non-hydrogen) atoms. The van der Waals surface area contributed by atoms with E-state index in [9.17, 15) is 14.7 Å². The van der Waals surface area contributed by atoms with Crippen LogP contribution in [0.5, 0.6) is 0 Å². The topological polar surface area (TPSA) is 82.2 Å². The lowest BCUT2D eigenvalue weighted by molar-refractivity contribution is 0.0895. The number of carbonyl (C=O) groups excluding carboxylic acids is 1. The average molecular weight is 238 g/mol. The van der Waals surface area contributed by atoms with E-state index in [4.69, 9.17) is 0 Å². The fraction of sp³-hybridized carbons (Fsp3) is 0.500. The Morgan fingerprint density at radius 1 is 1.47 bits per heavy atom. The summed E-state index contributed by atoms with van der Waals surface area (Å²) >= 11 is 0. The van der Waals surface area contributed by atoms with Crippen LogP contribution >= 0.6 is 0 Å². The van der Waals surface area contributed by atoms with Crippen LogP contribution in [0.25, 0.3) is 0 Å². The molecule has 1 unspecified atom stereocenters. The van der Waals surface area contributed by atoms with Gasteiger partial charge < -0.3 is 15.4 Å². The third-order valence-corrected chi connectivity index (χ3v) is 2.25. The van der Waals surface area contributed by atoms with Crippen molar-refractivity contribution < 1.29 is 9.90 Å². The van der Waals surface area contributed by atoms with Gasteiger partial charge in [0.05, 0.1) is 6.10 Å². The highest BCUT2D eigenvalue weighted by atomic mass is 16.3. The number of aliphatic hydroxyl groups is 1. The Labute approximate surface area is 99.9 Å². The third-order valence-electron chi connectivity index (χ3n) is 2.25. The first kappa shape index (κ1) is 13.4. The molecule has 1 heterocycles. The third kappa shape index (κ3) is 4.82. The molecule has 94 valence electrons. The van der Waals surface area contributed by atoms with E-state index < -0.39 is 6.10 Å². The van der Waals surface area contributed by atoms with E-state index >= 15 is 0 Å². The van der Waals surface area contributed by atoms with Crippen molar-refractivity contribution in [1.29, 1.82) is 0 Å². The van der Waals surface area contributed by atoms with E-state index in [0.717, 1.165) is 0 Å². The van der Waals surface area contributed by atoms with Gasteiger partial charge in [-0.05, 0) is 18.4 Å². The smallest absolute Gasteiger partial charge is 0.267 e. The molecular formula is C12H18N2O3. The summed E-state index contributed by atoms with van der Waals surface area (Å²) < 4.78 is 0. The Hall–Kier alpha value is -1.62. The standard InChI is InChI=1S/C12H18N2O3/c1-8(2)6-9(15)7-13-12(17)10-4-3-5-11(16)14-10/h3-5,8-9,15H,6-7H2,1-2H3,(H,13,17)(H,14,16). The van der Waals surface area contributed by atoms with Gasteiger partial charge in [0, 0.05) is 12.6 Å². The highest BCUT2D eigenvalue weighted by Crippen LogP contribution is 2.03. The van der Waals surface area contributed by atoms with E-state index in [2.05, 4.69) is 10.3 Å². The van der Waals surface area contributed by atoms with Crippen molar-refractivity contribution in [3.05, 3.63) is 34.2 Å². The lowest BCUT2D eigenvalue weighted by Gasteiger charge is -2.13. The van der Waals surface area contributed by atoms with Crippen molar-refractivity contribution >= 4 is 5.91 Å². The maximum atomic E-state index is 11.6. The lowest BCUT2D eigenvalue weighted by atomic mass is 10.1. The Morgan fingerprint density at radius 3 is 2.76 bits per heavy atom. The van der Waals surface area contributed by atoms with Crippen molar-refractivity contribution in [2.24, 2.45) is 5.92 Å². The van der Waals surface area contributed by atoms with Crippen molar-refractivity contribution in [3.8, 4) is 0 Å². The number of amides is 1. The fourth-order valence-corrected chi connectivity index (χ4v) is 1.51. The highest BCUT2D eigenvalue weighted by molar-refractivity contribution is 5.92. The van der Waals surface area contributed by atoms with Gasteiger partial charge in [0.25, 0.3) is 5.91 Å². The molecule has 1 atom stereocenters. The van der Waals surface area contributed by atoms with Crippen LogP contribution in [0.4, 0.5) is 0 Å². The van der Waals surface area contributed by atoms with Gasteiger partial charge in [0.15, 0.2) is 0 Å². The van der Waals surface area contributed by atoms with Crippen molar-refractivity contribution in [3.63, 3.8) is 0 Å². The van der Waals surface area contributed by atoms with Crippen LogP contribution in [0.1, 0.15) is 30.8 Å². The first-order valence-electron chi connectivity index (χ1n) is 5.64. The van der Waals surface area contributed by atoms with Crippen molar-refractivity contribution in [1.82, 2.24) is 10.3 Å². The van der Waals surface area contributed by atoms with Gasteiger partial charge in [0.2, 0.25) is 5.56 Å². The molecule has 1 rings (SSSR count). The molecule has 0 spiro atoms. The minimum Gasteiger partial charge on any atom is -0.391 e. The summed E-state index contributed by atoms with van der Waals surface area (Å²) in [6.07, 6.45) is 0.0698. The summed E-state index contributed by atoms with van der Waals surface area (Å²) in [6, 6.07) is 4.37. The summed E-state index contributed by atoms with van der Waals surface area (Å²) in [5.41, 5.74) is -0.116. The first-order valence-corrected chi connectivity index (χ1v) is 5.64. The summed E-state index contributed by atoms with van der Waals surface area (Å²) in [5, 5.41) is 12.2. The van der Waals surface area contributed by atoms with E-state index in [0.29, 0.717) is 12.3 Å². The zero-order valence-corrected chi connectivity index (χ0v) is 10.1. The number of H-pyrrole nitrogens is 1. The van der Waals surface area contributed by atoms with Gasteiger partial charge >= 0.3 is 0 Å². The minimum atomic E-state index is -0.561. The van der Waals surface area contributed by atoms with Crippen LogP contribution in [0.2, 0.25) is 0 Å². The van der Waals surface area contributed by atoms with E-state index in [1.165, 1.54) is 18.2 Å². The summed E-state index contributed by atoms with van der Waals surface area (Å²) in [7, 11) is 0. The summed E-state index contributed by atoms with van der Waals surface area (Å²) in [5.74, 6) is -0.0102. The molecule has 0 aromatic carbocycles. The SMILES string of the molecule is CC(C)CC(O)CNC(=O)c1cccc(=O)[nH]1. The fourth-order valence-electron chi connectivity index (χ4n) is 1.51. The number of rotatable bonds is 5. The number of carbonyl (C=O) groups is 1. The van der Waals surface area contributed by atoms with Gasteiger partial charge in [-0.25, -0.2) is 0 Å². The predicted octanol–water partition coefficient (Wildman–Crippen LogP) is 0.512. The second-order valence-corrected chi connectivity index (χ2v) is 4.42. The molecule has 0 radical (unpaired) electrons. The molecule has 0 aliphatic heterocycles. The molecule has 0 aliphatic carbocycles. The lowest BCUT2D eigenvalue weighted by Crippen LogP contribution is -2.33. The van der Waals surface area contributed by atoms with Gasteiger partial charge in [0.1, 0.15) is 5.69 Å². The molecule has 0 aliphatic rings. The zero-order chi connectivity index (χ0) is 12.8. The summed E-state index contributed by atoms with van der Waals surface area (Å²) in [4.78, 5) is 25.0. The maximum Gasteiger partial charge on any atom is 0.267 e.